The molecule has 0 amide bonds. The van der Waals surface area contributed by atoms with Crippen molar-refractivity contribution in [1.82, 2.24) is 20.8 Å². The van der Waals surface area contributed by atoms with Crippen LogP contribution >= 0.6 is 35.1 Å². The van der Waals surface area contributed by atoms with Crippen LogP contribution in [-0.2, 0) is 11.5 Å². The molecule has 0 aliphatic rings. The fourth-order valence-electron chi connectivity index (χ4n) is 1.96. The third kappa shape index (κ3) is 9.03. The fraction of sp³-hybridized carbons (Fsp3) is 0.375. The molecule has 2 rings (SSSR count). The number of hydrogen-bond acceptors (Lipinski definition) is 9. The summed E-state index contributed by atoms with van der Waals surface area (Å²) in [5.41, 5.74) is 1.72. The SMILES string of the molecule is O=[N+]([O-])C=C(NCCSCc1ccon1)NCCSCc1ncccc1Cl. The van der Waals surface area contributed by atoms with Crippen LogP contribution in [0.15, 0.2) is 47.2 Å². The number of pyridine rings is 1. The minimum absolute atomic E-state index is 0.401. The van der Waals surface area contributed by atoms with Gasteiger partial charge in [0.15, 0.2) is 5.82 Å². The zero-order chi connectivity index (χ0) is 19.3. The van der Waals surface area contributed by atoms with Crippen LogP contribution in [0.3, 0.4) is 0 Å². The molecule has 0 aliphatic carbocycles. The summed E-state index contributed by atoms with van der Waals surface area (Å²) in [4.78, 5) is 14.5. The molecule has 0 radical (unpaired) electrons. The molecule has 2 aromatic heterocycles. The molecule has 8 nitrogen and oxygen atoms in total. The van der Waals surface area contributed by atoms with Gasteiger partial charge in [0.2, 0.25) is 0 Å². The number of thioether (sulfide) groups is 2. The number of nitrogens with zero attached hydrogens (tertiary/aromatic N) is 3. The number of rotatable bonds is 13. The second kappa shape index (κ2) is 12.5. The van der Waals surface area contributed by atoms with Crippen LogP contribution in [0.4, 0.5) is 0 Å². The van der Waals surface area contributed by atoms with E-state index in [0.717, 1.165) is 34.8 Å². The van der Waals surface area contributed by atoms with Gasteiger partial charge in [0, 0.05) is 48.4 Å². The maximum Gasteiger partial charge on any atom is 0.274 e. The molecule has 0 atom stereocenters. The number of nitro groups is 1. The number of halogens is 1. The molecule has 0 fully saturated rings. The van der Waals surface area contributed by atoms with Gasteiger partial charge in [-0.25, -0.2) is 0 Å². The van der Waals surface area contributed by atoms with E-state index in [4.69, 9.17) is 16.1 Å². The maximum absolute atomic E-state index is 10.8. The van der Waals surface area contributed by atoms with Crippen molar-refractivity contribution in [2.45, 2.75) is 11.5 Å². The molecule has 0 unspecified atom stereocenters. The first-order valence-electron chi connectivity index (χ1n) is 8.12. The van der Waals surface area contributed by atoms with Gasteiger partial charge >= 0.3 is 0 Å². The molecule has 0 saturated carbocycles. The molecule has 146 valence electrons. The summed E-state index contributed by atoms with van der Waals surface area (Å²) in [5.74, 6) is 3.40. The summed E-state index contributed by atoms with van der Waals surface area (Å²) in [6, 6.07) is 5.42. The summed E-state index contributed by atoms with van der Waals surface area (Å²) in [5, 5.41) is 21.3. The highest BCUT2D eigenvalue weighted by Gasteiger charge is 2.04. The maximum atomic E-state index is 10.8. The molecular weight excluding hydrogens is 410 g/mol. The lowest BCUT2D eigenvalue weighted by Crippen LogP contribution is -2.30. The van der Waals surface area contributed by atoms with E-state index in [1.165, 1.54) is 6.26 Å². The monoisotopic (exact) mass is 429 g/mol. The molecule has 0 aliphatic heterocycles. The predicted molar refractivity (Wildman–Crippen MR) is 109 cm³/mol. The summed E-state index contributed by atoms with van der Waals surface area (Å²) >= 11 is 9.39. The normalized spacial score (nSPS) is 11.4. The van der Waals surface area contributed by atoms with Gasteiger partial charge in [-0.1, -0.05) is 16.8 Å². The van der Waals surface area contributed by atoms with Gasteiger partial charge in [0.05, 0.1) is 21.3 Å². The highest BCUT2D eigenvalue weighted by Crippen LogP contribution is 2.18. The molecule has 11 heteroatoms. The number of aromatic nitrogens is 2. The van der Waals surface area contributed by atoms with E-state index in [2.05, 4.69) is 20.8 Å². The zero-order valence-electron chi connectivity index (χ0n) is 14.5. The highest BCUT2D eigenvalue weighted by atomic mass is 35.5. The van der Waals surface area contributed by atoms with Gasteiger partial charge in [0.1, 0.15) is 6.26 Å². The Hall–Kier alpha value is -1.91. The minimum Gasteiger partial charge on any atom is -0.366 e. The van der Waals surface area contributed by atoms with E-state index >= 15 is 0 Å². The quantitative estimate of drug-likeness (QED) is 0.282. The van der Waals surface area contributed by atoms with Gasteiger partial charge < -0.3 is 15.2 Å². The summed E-state index contributed by atoms with van der Waals surface area (Å²) < 4.78 is 4.77. The number of hydrogen-bond donors (Lipinski definition) is 2. The van der Waals surface area contributed by atoms with E-state index in [1.807, 2.05) is 12.1 Å². The van der Waals surface area contributed by atoms with Gasteiger partial charge in [-0.3, -0.25) is 15.1 Å². The topological polar surface area (TPSA) is 106 Å². The Morgan fingerprint density at radius 3 is 2.63 bits per heavy atom. The van der Waals surface area contributed by atoms with Crippen LogP contribution in [0.1, 0.15) is 11.4 Å². The molecule has 2 N–H and O–H groups in total. The lowest BCUT2D eigenvalue weighted by Gasteiger charge is -2.11. The van der Waals surface area contributed by atoms with E-state index in [9.17, 15) is 10.1 Å². The average Bonchev–Trinajstić information content (AvgIpc) is 3.15. The first-order chi connectivity index (χ1) is 13.1. The number of nitrogens with one attached hydrogen (secondary N) is 2. The van der Waals surface area contributed by atoms with E-state index in [1.54, 1.807) is 35.8 Å². The van der Waals surface area contributed by atoms with Crippen molar-refractivity contribution in [2.24, 2.45) is 0 Å². The van der Waals surface area contributed by atoms with Crippen molar-refractivity contribution >= 4 is 35.1 Å². The van der Waals surface area contributed by atoms with Crippen LogP contribution in [-0.4, -0.2) is 39.7 Å². The zero-order valence-corrected chi connectivity index (χ0v) is 16.9. The van der Waals surface area contributed by atoms with Crippen molar-refractivity contribution in [3.8, 4) is 0 Å². The second-order valence-electron chi connectivity index (χ2n) is 5.21. The molecule has 2 heterocycles. The fourth-order valence-corrected chi connectivity index (χ4v) is 3.79. The van der Waals surface area contributed by atoms with Crippen molar-refractivity contribution in [1.29, 1.82) is 0 Å². The minimum atomic E-state index is -0.474. The Balaban J connectivity index is 1.62. The Labute approximate surface area is 170 Å². The van der Waals surface area contributed by atoms with Crippen LogP contribution in [0.5, 0.6) is 0 Å². The van der Waals surface area contributed by atoms with Crippen molar-refractivity contribution in [3.05, 3.63) is 69.2 Å². The van der Waals surface area contributed by atoms with Crippen LogP contribution in [0.25, 0.3) is 0 Å². The molecule has 0 aromatic carbocycles. The summed E-state index contributed by atoms with van der Waals surface area (Å²) in [7, 11) is 0. The standard InChI is InChI=1S/C16H20ClN5O3S2/c17-14-2-1-4-18-15(14)12-27-9-6-20-16(10-22(23)24)19-5-8-26-11-13-3-7-25-21-13/h1-4,7,10,19-20H,5-6,8-9,11-12H2. The predicted octanol–water partition coefficient (Wildman–Crippen LogP) is 3.14. The van der Waals surface area contributed by atoms with E-state index in [0.29, 0.717) is 29.7 Å². The summed E-state index contributed by atoms with van der Waals surface area (Å²) in [6.45, 7) is 1.19. The third-order valence-electron chi connectivity index (χ3n) is 3.17. The van der Waals surface area contributed by atoms with Crippen molar-refractivity contribution in [3.63, 3.8) is 0 Å². The van der Waals surface area contributed by atoms with E-state index < -0.39 is 4.92 Å². The Morgan fingerprint density at radius 1 is 1.26 bits per heavy atom. The first-order valence-corrected chi connectivity index (χ1v) is 10.8. The first kappa shape index (κ1) is 21.4. The van der Waals surface area contributed by atoms with Crippen molar-refractivity contribution in [2.75, 3.05) is 24.6 Å². The van der Waals surface area contributed by atoms with Gasteiger partial charge in [-0.15, -0.1) is 0 Å². The molecule has 2 aromatic rings. The lowest BCUT2D eigenvalue weighted by atomic mass is 10.4. The molecule has 0 spiro atoms. The third-order valence-corrected chi connectivity index (χ3v) is 5.48. The molecule has 27 heavy (non-hydrogen) atoms. The Morgan fingerprint density at radius 2 is 2.00 bits per heavy atom. The van der Waals surface area contributed by atoms with Gasteiger partial charge in [-0.05, 0) is 12.1 Å². The average molecular weight is 430 g/mol. The van der Waals surface area contributed by atoms with Gasteiger partial charge in [-0.2, -0.15) is 23.5 Å². The van der Waals surface area contributed by atoms with E-state index in [-0.39, 0.29) is 0 Å². The molecular formula is C16H20ClN5O3S2. The molecule has 0 bridgehead atoms. The smallest absolute Gasteiger partial charge is 0.274 e. The second-order valence-corrected chi connectivity index (χ2v) is 7.83. The Bertz CT molecular complexity index is 731. The van der Waals surface area contributed by atoms with Crippen LogP contribution in [0.2, 0.25) is 5.02 Å². The van der Waals surface area contributed by atoms with Crippen LogP contribution < -0.4 is 10.6 Å². The van der Waals surface area contributed by atoms with Crippen molar-refractivity contribution < 1.29 is 9.45 Å². The van der Waals surface area contributed by atoms with Crippen LogP contribution in [0, 0.1) is 10.1 Å². The summed E-state index contributed by atoms with van der Waals surface area (Å²) in [6.07, 6.45) is 4.20. The largest absolute Gasteiger partial charge is 0.366 e. The highest BCUT2D eigenvalue weighted by molar-refractivity contribution is 7.98. The Kier molecular flexibility index (Phi) is 9.88. The molecule has 0 saturated heterocycles. The van der Waals surface area contributed by atoms with Gasteiger partial charge in [0.25, 0.3) is 6.20 Å². The lowest BCUT2D eigenvalue weighted by molar-refractivity contribution is -0.404.